The number of amides is 13. The lowest BCUT2D eigenvalue weighted by atomic mass is 9.96. The summed E-state index contributed by atoms with van der Waals surface area (Å²) in [6, 6.07) is 29.0. The fraction of sp³-hybridized carbons (Fsp3) is 0.435. The standard InChI is InChI=1S/C92H116N14O17S/c1-11-12-32-75-91(122)106-42-41-74(106)86(117)99-71(50-80(111)112)85(116)101-81(56(4)5)92(123)104(9)76(47-59-26-18-14-19-27-59)87(118)100-72(46-62-35-39-65(108)40-36-62)88(119)102(7)52-78(109)95-70(49-63-51-93-67-31-23-22-30-66(63)67)84(115)98-69(44-61-33-37-64(107)38-34-61)83(114)97-68(43-55(2)3)82(113)94-57(6)53-124-54-79(110)96-73(45-58-24-16-13-17-25-58)89(120)105(10)77(90(121)103(75)8)48-60-28-20-15-21-29-60/h13-31,33-40,51,55-57,68-77,81,93,107-108H,11-12,32,41-50,52-54H2,1-10H3,(H,94,113)(H,95,109)(H,96,110)(H,97,114)(H,98,115)(H,99,117)(H,100,118)(H,101,116)(H,111,112)/t57-,68+,69+,70+,71+,72+,73+,74+,75+,76+,77+,81+/m1/s1. The van der Waals surface area contributed by atoms with Crippen molar-refractivity contribution >= 4 is 105 Å². The van der Waals surface area contributed by atoms with Gasteiger partial charge in [0.05, 0.1) is 18.7 Å². The third-order valence-electron chi connectivity index (χ3n) is 22.3. The molecule has 13 amide bonds. The number of carboxylic acid groups (broad SMARTS) is 1. The van der Waals surface area contributed by atoms with Crippen LogP contribution in [0.15, 0.2) is 170 Å². The van der Waals surface area contributed by atoms with Crippen molar-refractivity contribution in [2.45, 2.75) is 191 Å². The number of rotatable bonds is 20. The van der Waals surface area contributed by atoms with E-state index >= 15 is 38.4 Å². The molecule has 662 valence electrons. The van der Waals surface area contributed by atoms with E-state index in [1.165, 1.54) is 79.3 Å². The van der Waals surface area contributed by atoms with Gasteiger partial charge in [0.2, 0.25) is 76.8 Å². The number of H-pyrrole nitrogens is 1. The number of phenolic OH excluding ortho intramolecular Hbond substituents is 2. The fourth-order valence-corrected chi connectivity index (χ4v) is 16.1. The molecule has 6 aromatic carbocycles. The number of hydrogen-bond acceptors (Lipinski definition) is 17. The third kappa shape index (κ3) is 26.9. The second kappa shape index (κ2) is 45.5. The van der Waals surface area contributed by atoms with Crippen LogP contribution in [-0.2, 0) is 106 Å². The summed E-state index contributed by atoms with van der Waals surface area (Å²) >= 11 is 1.15. The number of carbonyl (C=O) groups is 14. The molecule has 32 heteroatoms. The Morgan fingerprint density at radius 2 is 0.927 bits per heavy atom. The Kier molecular flexibility index (Phi) is 34.9. The molecule has 2 fully saturated rings. The van der Waals surface area contributed by atoms with Gasteiger partial charge in [-0.1, -0.05) is 181 Å². The van der Waals surface area contributed by atoms with Crippen LogP contribution in [0.3, 0.4) is 0 Å². The number of phenols is 2. The number of para-hydroxylation sites is 1. The van der Waals surface area contributed by atoms with Gasteiger partial charge in [-0.25, -0.2) is 0 Å². The van der Waals surface area contributed by atoms with E-state index in [9.17, 15) is 44.1 Å². The van der Waals surface area contributed by atoms with Crippen LogP contribution in [0.2, 0.25) is 0 Å². The van der Waals surface area contributed by atoms with Gasteiger partial charge in [0.1, 0.15) is 78.0 Å². The highest BCUT2D eigenvalue weighted by Gasteiger charge is 2.46. The predicted molar refractivity (Wildman–Crippen MR) is 468 cm³/mol. The van der Waals surface area contributed by atoms with Crippen LogP contribution in [0.25, 0.3) is 10.9 Å². The number of fused-ring (bicyclic) bond motifs is 2. The predicted octanol–water partition coefficient (Wildman–Crippen LogP) is 4.89. The number of aliphatic carboxylic acids is 1. The Hall–Kier alpha value is -12.6. The summed E-state index contributed by atoms with van der Waals surface area (Å²) in [5, 5.41) is 54.1. The molecule has 12 N–H and O–H groups in total. The Morgan fingerprint density at radius 3 is 1.48 bits per heavy atom. The molecule has 3 heterocycles. The van der Waals surface area contributed by atoms with Crippen LogP contribution in [0, 0.1) is 11.8 Å². The highest BCUT2D eigenvalue weighted by Crippen LogP contribution is 2.27. The van der Waals surface area contributed by atoms with Crippen LogP contribution in [0.4, 0.5) is 0 Å². The quantitative estimate of drug-likeness (QED) is 0.0483. The Balaban J connectivity index is 1.08. The maximum Gasteiger partial charge on any atom is 0.305 e. The minimum absolute atomic E-state index is 0.0133. The van der Waals surface area contributed by atoms with Gasteiger partial charge < -0.3 is 87.3 Å². The number of aromatic amines is 1. The normalized spacial score (nSPS) is 23.4. The molecule has 31 nitrogen and oxygen atoms in total. The number of hydrogen-bond donors (Lipinski definition) is 12. The van der Waals surface area contributed by atoms with Crippen molar-refractivity contribution in [1.82, 2.24) is 72.0 Å². The molecule has 0 radical (unpaired) electrons. The molecule has 0 spiro atoms. The minimum Gasteiger partial charge on any atom is -0.508 e. The molecule has 2 aliphatic heterocycles. The molecule has 0 unspecified atom stereocenters. The number of aromatic nitrogens is 1. The topological polar surface area (TPSA) is 428 Å². The lowest BCUT2D eigenvalue weighted by Gasteiger charge is -2.44. The highest BCUT2D eigenvalue weighted by atomic mass is 32.2. The number of likely N-dealkylation sites (N-methyl/N-ethyl adjacent to an activating group) is 4. The number of carboxylic acids is 1. The lowest BCUT2D eigenvalue weighted by molar-refractivity contribution is -0.157. The van der Waals surface area contributed by atoms with E-state index in [1.54, 1.807) is 142 Å². The van der Waals surface area contributed by atoms with Crippen LogP contribution >= 0.6 is 11.8 Å². The fourth-order valence-electron chi connectivity index (χ4n) is 15.2. The molecule has 1 aromatic heterocycles. The number of thioether (sulfide) groups is 1. The second-order valence-corrected chi connectivity index (χ2v) is 33.8. The van der Waals surface area contributed by atoms with Gasteiger partial charge in [0, 0.05) is 102 Å². The van der Waals surface area contributed by atoms with Gasteiger partial charge in [-0.2, -0.15) is 0 Å². The van der Waals surface area contributed by atoms with Crippen molar-refractivity contribution in [2.24, 2.45) is 11.8 Å². The van der Waals surface area contributed by atoms with Crippen molar-refractivity contribution < 1.29 is 82.4 Å². The summed E-state index contributed by atoms with van der Waals surface area (Å²) in [6.45, 7) is 9.76. The molecule has 2 saturated heterocycles. The van der Waals surface area contributed by atoms with Crippen LogP contribution < -0.4 is 42.5 Å². The number of nitrogens with one attached hydrogen (secondary N) is 9. The summed E-state index contributed by atoms with van der Waals surface area (Å²) in [5.74, 6) is -13.0. The number of carbonyl (C=O) groups excluding carboxylic acids is 13. The summed E-state index contributed by atoms with van der Waals surface area (Å²) in [4.78, 5) is 217. The van der Waals surface area contributed by atoms with E-state index in [-0.39, 0.29) is 93.3 Å². The van der Waals surface area contributed by atoms with Gasteiger partial charge >= 0.3 is 5.97 Å². The smallest absolute Gasteiger partial charge is 0.305 e. The number of nitrogens with zero attached hydrogens (tertiary/aromatic N) is 5. The zero-order chi connectivity index (χ0) is 90.0. The second-order valence-electron chi connectivity index (χ2n) is 32.8. The molecule has 0 aliphatic carbocycles. The molecular formula is C92H116N14O17S. The Morgan fingerprint density at radius 1 is 0.460 bits per heavy atom. The van der Waals surface area contributed by atoms with E-state index in [1.807, 2.05) is 32.9 Å². The lowest BCUT2D eigenvalue weighted by Crippen LogP contribution is -2.65. The molecule has 12 atom stereocenters. The molecule has 7 aromatic rings. The molecule has 9 rings (SSSR count). The summed E-state index contributed by atoms with van der Waals surface area (Å²) in [5.41, 5.74) is 4.05. The average Bonchev–Trinajstić information content (AvgIpc) is 0.980. The van der Waals surface area contributed by atoms with Crippen molar-refractivity contribution in [3.63, 3.8) is 0 Å². The Labute approximate surface area is 726 Å². The maximum atomic E-state index is 15.5. The van der Waals surface area contributed by atoms with Crippen molar-refractivity contribution in [1.29, 1.82) is 0 Å². The minimum atomic E-state index is -1.86. The molecule has 0 saturated carbocycles. The Bertz CT molecular complexity index is 4870. The van der Waals surface area contributed by atoms with Gasteiger partial charge in [-0.05, 0) is 102 Å². The zero-order valence-electron chi connectivity index (χ0n) is 71.8. The largest absolute Gasteiger partial charge is 0.508 e. The average molecular weight is 1720 g/mol. The monoisotopic (exact) mass is 1720 g/mol. The summed E-state index contributed by atoms with van der Waals surface area (Å²) in [6.07, 6.45) is 1.07. The summed E-state index contributed by atoms with van der Waals surface area (Å²) in [7, 11) is 5.49. The van der Waals surface area contributed by atoms with E-state index in [0.717, 1.165) is 21.6 Å². The first-order valence-corrected chi connectivity index (χ1v) is 43.1. The van der Waals surface area contributed by atoms with E-state index in [0.29, 0.717) is 57.1 Å². The molecule has 124 heavy (non-hydrogen) atoms. The number of aromatic hydroxyl groups is 2. The summed E-state index contributed by atoms with van der Waals surface area (Å²) < 4.78 is 0. The third-order valence-corrected chi connectivity index (χ3v) is 23.5. The van der Waals surface area contributed by atoms with E-state index in [2.05, 4.69) is 47.5 Å². The van der Waals surface area contributed by atoms with Crippen LogP contribution in [-0.4, -0.2) is 253 Å². The molecular weight excluding hydrogens is 1610 g/mol. The van der Waals surface area contributed by atoms with Gasteiger partial charge in [-0.3, -0.25) is 67.1 Å². The number of unbranched alkanes of at least 4 members (excludes halogenated alkanes) is 1. The van der Waals surface area contributed by atoms with Crippen molar-refractivity contribution in [3.05, 3.63) is 203 Å². The highest BCUT2D eigenvalue weighted by molar-refractivity contribution is 8.00. The molecule has 2 aliphatic rings. The molecule has 0 bridgehead atoms. The van der Waals surface area contributed by atoms with E-state index in [4.69, 9.17) is 0 Å². The maximum absolute atomic E-state index is 15.5. The first kappa shape index (κ1) is 95.2. The SMILES string of the molecule is CCCC[C@H]1C(=O)N2CC[C@H]2C(=O)N[C@@H](CC(=O)O)C(=O)N[C@@H](C(C)C)C(=O)N(C)[C@@H](Cc2ccccc2)C(=O)N[C@@H](Cc2ccc(O)cc2)C(=O)N(C)CC(=O)N[C@@H](Cc2c[nH]c3ccccc23)C(=O)N[C@@H](Cc2ccc(O)cc2)C(=O)N[C@@H](CC(C)C)C(=O)N[C@H](C)CSCC(=O)N[C@@H](Cc2ccccc2)C(=O)N(C)[C@@H](Cc2ccccc2)C(=O)N1C. The van der Waals surface area contributed by atoms with Crippen molar-refractivity contribution in [2.75, 3.05) is 52.8 Å². The number of benzene rings is 6. The van der Waals surface area contributed by atoms with Crippen LogP contribution in [0.5, 0.6) is 11.5 Å². The first-order chi connectivity index (χ1) is 59.2. The zero-order valence-corrected chi connectivity index (χ0v) is 72.6. The van der Waals surface area contributed by atoms with Gasteiger partial charge in [0.25, 0.3) is 0 Å². The van der Waals surface area contributed by atoms with Gasteiger partial charge in [0.15, 0.2) is 0 Å². The van der Waals surface area contributed by atoms with Crippen LogP contribution in [0.1, 0.15) is 113 Å². The van der Waals surface area contributed by atoms with E-state index < -0.39 is 174 Å². The van der Waals surface area contributed by atoms with Crippen molar-refractivity contribution in [3.8, 4) is 11.5 Å². The first-order valence-electron chi connectivity index (χ1n) is 42.0. The van der Waals surface area contributed by atoms with Gasteiger partial charge in [-0.15, -0.1) is 11.8 Å².